The zero-order valence-corrected chi connectivity index (χ0v) is 19.0. The molecule has 1 amide bonds. The molecule has 10 nitrogen and oxygen atoms in total. The highest BCUT2D eigenvalue weighted by molar-refractivity contribution is 6.07. The number of imidazole rings is 1. The number of methoxy groups -OCH3 is 1. The fourth-order valence-electron chi connectivity index (χ4n) is 4.21. The molecule has 5 rings (SSSR count). The van der Waals surface area contributed by atoms with Crippen molar-refractivity contribution in [2.75, 3.05) is 12.4 Å². The van der Waals surface area contributed by atoms with Crippen LogP contribution in [0.25, 0.3) is 33.1 Å². The number of hydrogen-bond donors (Lipinski definition) is 1. The molecule has 0 unspecified atom stereocenters. The van der Waals surface area contributed by atoms with Crippen molar-refractivity contribution >= 4 is 44.7 Å². The van der Waals surface area contributed by atoms with Crippen LogP contribution in [0.15, 0.2) is 56.7 Å². The Bertz CT molecular complexity index is 1690. The van der Waals surface area contributed by atoms with E-state index in [0.717, 1.165) is 20.9 Å². The van der Waals surface area contributed by atoms with E-state index in [1.54, 1.807) is 24.8 Å². The van der Waals surface area contributed by atoms with Gasteiger partial charge in [-0.2, -0.15) is 0 Å². The molecular formula is C24H23N5O5. The van der Waals surface area contributed by atoms with Crippen molar-refractivity contribution in [2.24, 2.45) is 14.1 Å². The molecule has 0 fully saturated rings. The highest BCUT2D eigenvalue weighted by Crippen LogP contribution is 2.36. The highest BCUT2D eigenvalue weighted by Gasteiger charge is 2.16. The maximum atomic E-state index is 12.7. The van der Waals surface area contributed by atoms with E-state index in [0.29, 0.717) is 41.1 Å². The number of amides is 1. The molecule has 174 valence electrons. The van der Waals surface area contributed by atoms with Gasteiger partial charge in [-0.3, -0.25) is 18.7 Å². The molecular weight excluding hydrogens is 438 g/mol. The Morgan fingerprint density at radius 2 is 1.88 bits per heavy atom. The number of furan rings is 1. The number of nitrogens with one attached hydrogen (secondary N) is 1. The Morgan fingerprint density at radius 1 is 1.09 bits per heavy atom. The quantitative estimate of drug-likeness (QED) is 0.416. The average molecular weight is 461 g/mol. The number of carbonyl (C=O) groups is 1. The first-order chi connectivity index (χ1) is 16.4. The molecule has 0 aliphatic heterocycles. The number of fused-ring (bicyclic) bond motifs is 4. The molecule has 34 heavy (non-hydrogen) atoms. The van der Waals surface area contributed by atoms with Gasteiger partial charge in [-0.05, 0) is 18.6 Å². The van der Waals surface area contributed by atoms with Crippen molar-refractivity contribution in [3.05, 3.63) is 63.6 Å². The third kappa shape index (κ3) is 3.43. The maximum absolute atomic E-state index is 12.7. The van der Waals surface area contributed by atoms with Gasteiger partial charge in [0, 0.05) is 43.9 Å². The molecule has 0 saturated heterocycles. The Kier molecular flexibility index (Phi) is 5.20. The molecule has 5 aromatic rings. The number of nitrogens with zero attached hydrogens (tertiary/aromatic N) is 4. The van der Waals surface area contributed by atoms with E-state index in [2.05, 4.69) is 10.3 Å². The van der Waals surface area contributed by atoms with Gasteiger partial charge in [0.15, 0.2) is 11.2 Å². The lowest BCUT2D eigenvalue weighted by molar-refractivity contribution is -0.116. The van der Waals surface area contributed by atoms with E-state index in [9.17, 15) is 14.4 Å². The van der Waals surface area contributed by atoms with Gasteiger partial charge in [0.05, 0.1) is 19.1 Å². The lowest BCUT2D eigenvalue weighted by atomic mass is 10.1. The number of para-hydroxylation sites is 1. The Morgan fingerprint density at radius 3 is 2.68 bits per heavy atom. The minimum atomic E-state index is -0.433. The molecule has 1 N–H and O–H groups in total. The second kappa shape index (κ2) is 8.22. The van der Waals surface area contributed by atoms with E-state index in [1.807, 2.05) is 30.3 Å². The summed E-state index contributed by atoms with van der Waals surface area (Å²) in [5.41, 5.74) is 1.75. The summed E-state index contributed by atoms with van der Waals surface area (Å²) in [6.07, 6.45) is 2.20. The summed E-state index contributed by atoms with van der Waals surface area (Å²) in [4.78, 5) is 41.5. The monoisotopic (exact) mass is 461 g/mol. The summed E-state index contributed by atoms with van der Waals surface area (Å²) in [7, 11) is 4.55. The van der Waals surface area contributed by atoms with Crippen molar-refractivity contribution in [3.8, 4) is 5.75 Å². The number of carbonyl (C=O) groups excluding carboxylic acids is 1. The normalized spacial score (nSPS) is 11.5. The molecule has 0 bridgehead atoms. The summed E-state index contributed by atoms with van der Waals surface area (Å²) in [6, 6.07) is 11.3. The summed E-state index contributed by atoms with van der Waals surface area (Å²) in [5.74, 6) is 0.343. The van der Waals surface area contributed by atoms with Crippen LogP contribution in [0.3, 0.4) is 0 Å². The number of aryl methyl sites for hydroxylation is 2. The first-order valence-corrected chi connectivity index (χ1v) is 10.8. The largest absolute Gasteiger partial charge is 0.495 e. The molecule has 2 aromatic carbocycles. The van der Waals surface area contributed by atoms with E-state index < -0.39 is 11.2 Å². The van der Waals surface area contributed by atoms with Crippen LogP contribution in [0.4, 0.5) is 5.69 Å². The van der Waals surface area contributed by atoms with Gasteiger partial charge in [-0.1, -0.05) is 18.2 Å². The third-order valence-electron chi connectivity index (χ3n) is 5.99. The number of hydrogen-bond acceptors (Lipinski definition) is 6. The Hall–Kier alpha value is -4.34. The van der Waals surface area contributed by atoms with Crippen LogP contribution >= 0.6 is 0 Å². The smallest absolute Gasteiger partial charge is 0.332 e. The van der Waals surface area contributed by atoms with Crippen LogP contribution in [0.2, 0.25) is 0 Å². The van der Waals surface area contributed by atoms with E-state index >= 15 is 0 Å². The number of ether oxygens (including phenoxy) is 1. The van der Waals surface area contributed by atoms with Crippen molar-refractivity contribution in [3.63, 3.8) is 0 Å². The van der Waals surface area contributed by atoms with E-state index in [1.165, 1.54) is 17.9 Å². The predicted octanol–water partition coefficient (Wildman–Crippen LogP) is 2.76. The second-order valence-electron chi connectivity index (χ2n) is 8.11. The molecule has 0 radical (unpaired) electrons. The molecule has 0 spiro atoms. The minimum absolute atomic E-state index is 0.196. The summed E-state index contributed by atoms with van der Waals surface area (Å²) >= 11 is 0. The number of anilines is 1. The average Bonchev–Trinajstić information content (AvgIpc) is 3.42. The lowest BCUT2D eigenvalue weighted by Crippen LogP contribution is -2.37. The van der Waals surface area contributed by atoms with Crippen LogP contribution in [-0.2, 0) is 25.4 Å². The van der Waals surface area contributed by atoms with Gasteiger partial charge in [0.25, 0.3) is 5.56 Å². The van der Waals surface area contributed by atoms with Gasteiger partial charge in [0.1, 0.15) is 16.9 Å². The summed E-state index contributed by atoms with van der Waals surface area (Å²) in [6.45, 7) is 0.400. The van der Waals surface area contributed by atoms with E-state index in [4.69, 9.17) is 9.15 Å². The minimum Gasteiger partial charge on any atom is -0.495 e. The summed E-state index contributed by atoms with van der Waals surface area (Å²) in [5, 5.41) is 4.78. The summed E-state index contributed by atoms with van der Waals surface area (Å²) < 4.78 is 15.5. The molecule has 0 saturated carbocycles. The highest BCUT2D eigenvalue weighted by atomic mass is 16.5. The SMILES string of the molecule is COc1cc2c(cc1NC(=O)CCCn1cnc3c1c(=O)n(C)c(=O)n3C)oc1ccccc12. The molecule has 3 aromatic heterocycles. The van der Waals surface area contributed by atoms with E-state index in [-0.39, 0.29) is 12.3 Å². The van der Waals surface area contributed by atoms with Crippen LogP contribution in [0.1, 0.15) is 12.8 Å². The topological polar surface area (TPSA) is 113 Å². The molecule has 3 heterocycles. The first kappa shape index (κ1) is 21.5. The number of aromatic nitrogens is 4. The molecule has 10 heteroatoms. The second-order valence-corrected chi connectivity index (χ2v) is 8.11. The zero-order valence-electron chi connectivity index (χ0n) is 19.0. The van der Waals surface area contributed by atoms with Crippen molar-refractivity contribution < 1.29 is 13.9 Å². The van der Waals surface area contributed by atoms with Crippen LogP contribution in [0, 0.1) is 0 Å². The molecule has 0 aliphatic rings. The Balaban J connectivity index is 1.33. The molecule has 0 aliphatic carbocycles. The van der Waals surface area contributed by atoms with Gasteiger partial charge in [-0.25, -0.2) is 9.78 Å². The van der Waals surface area contributed by atoms with Crippen LogP contribution in [-0.4, -0.2) is 31.7 Å². The number of benzene rings is 2. The van der Waals surface area contributed by atoms with Crippen LogP contribution in [0.5, 0.6) is 5.75 Å². The van der Waals surface area contributed by atoms with Crippen molar-refractivity contribution in [2.45, 2.75) is 19.4 Å². The zero-order chi connectivity index (χ0) is 24.0. The standard InChI is InChI=1S/C24H23N5O5/c1-27-22-21(23(31)28(2)24(27)32)29(13-25-22)10-6-9-20(30)26-16-12-18-15(11-19(16)33-3)14-7-4-5-8-17(14)34-18/h4-5,7-8,11-13H,6,9-10H2,1-3H3,(H,26,30). The third-order valence-corrected chi connectivity index (χ3v) is 5.99. The van der Waals surface area contributed by atoms with Gasteiger partial charge in [-0.15, -0.1) is 0 Å². The van der Waals surface area contributed by atoms with Crippen LogP contribution < -0.4 is 21.3 Å². The number of rotatable bonds is 6. The van der Waals surface area contributed by atoms with Gasteiger partial charge in [0.2, 0.25) is 5.91 Å². The van der Waals surface area contributed by atoms with Crippen molar-refractivity contribution in [1.29, 1.82) is 0 Å². The van der Waals surface area contributed by atoms with Gasteiger partial charge < -0.3 is 19.0 Å². The maximum Gasteiger partial charge on any atom is 0.332 e. The Labute approximate surface area is 193 Å². The van der Waals surface area contributed by atoms with Crippen molar-refractivity contribution in [1.82, 2.24) is 18.7 Å². The first-order valence-electron chi connectivity index (χ1n) is 10.8. The fraction of sp³-hybridized carbons (Fsp3) is 0.250. The predicted molar refractivity (Wildman–Crippen MR) is 128 cm³/mol. The van der Waals surface area contributed by atoms with Gasteiger partial charge >= 0.3 is 5.69 Å². The lowest BCUT2D eigenvalue weighted by Gasteiger charge is -2.11. The molecule has 0 atom stereocenters. The fourth-order valence-corrected chi connectivity index (χ4v) is 4.21.